The predicted molar refractivity (Wildman–Crippen MR) is 67.9 cm³/mol. The van der Waals surface area contributed by atoms with Gasteiger partial charge in [0.2, 0.25) is 0 Å². The molecule has 1 saturated heterocycles. The predicted octanol–water partition coefficient (Wildman–Crippen LogP) is 3.04. The Labute approximate surface area is 105 Å². The van der Waals surface area contributed by atoms with Gasteiger partial charge in [-0.15, -0.1) is 0 Å². The van der Waals surface area contributed by atoms with Gasteiger partial charge in [-0.2, -0.15) is 0 Å². The molecule has 1 aromatic carbocycles. The van der Waals surface area contributed by atoms with Crippen LogP contribution in [0.1, 0.15) is 19.8 Å². The Morgan fingerprint density at radius 3 is 2.71 bits per heavy atom. The second-order valence-electron chi connectivity index (χ2n) is 4.65. The van der Waals surface area contributed by atoms with Gasteiger partial charge < -0.3 is 15.8 Å². The van der Waals surface area contributed by atoms with Crippen molar-refractivity contribution in [2.45, 2.75) is 25.3 Å². The minimum atomic E-state index is -0.459. The molecule has 0 unspecified atom stereocenters. The molecule has 0 saturated carbocycles. The highest BCUT2D eigenvalue weighted by molar-refractivity contribution is 6.31. The van der Waals surface area contributed by atoms with Crippen molar-refractivity contribution in [3.8, 4) is 0 Å². The van der Waals surface area contributed by atoms with E-state index in [1.165, 1.54) is 12.1 Å². The number of hydrogen-bond donors (Lipinski definition) is 2. The van der Waals surface area contributed by atoms with Gasteiger partial charge >= 0.3 is 0 Å². The van der Waals surface area contributed by atoms with E-state index >= 15 is 0 Å². The quantitative estimate of drug-likeness (QED) is 0.802. The molecule has 1 aliphatic heterocycles. The summed E-state index contributed by atoms with van der Waals surface area (Å²) in [5.74, 6) is -0.459. The van der Waals surface area contributed by atoms with Gasteiger partial charge in [0.15, 0.2) is 0 Å². The molecule has 17 heavy (non-hydrogen) atoms. The number of ether oxygens (including phenoxy) is 1. The van der Waals surface area contributed by atoms with Crippen LogP contribution in [0.25, 0.3) is 0 Å². The number of benzene rings is 1. The van der Waals surface area contributed by atoms with E-state index in [4.69, 9.17) is 22.1 Å². The number of anilines is 2. The van der Waals surface area contributed by atoms with Gasteiger partial charge in [0.25, 0.3) is 0 Å². The standard InChI is InChI=1S/C12H16ClFN2O/c1-12(2-4-17-5-3-12)16-11-7-9(14)8(13)6-10(11)15/h6-7,16H,2-5,15H2,1H3. The molecule has 0 atom stereocenters. The summed E-state index contributed by atoms with van der Waals surface area (Å²) in [4.78, 5) is 0. The third-order valence-electron chi connectivity index (χ3n) is 3.13. The van der Waals surface area contributed by atoms with Gasteiger partial charge in [-0.1, -0.05) is 11.6 Å². The minimum Gasteiger partial charge on any atom is -0.397 e. The summed E-state index contributed by atoms with van der Waals surface area (Å²) in [5, 5.41) is 3.34. The summed E-state index contributed by atoms with van der Waals surface area (Å²) in [7, 11) is 0. The van der Waals surface area contributed by atoms with Gasteiger partial charge in [-0.25, -0.2) is 4.39 Å². The normalized spacial score (nSPS) is 19.0. The average molecular weight is 259 g/mol. The molecule has 1 heterocycles. The zero-order valence-electron chi connectivity index (χ0n) is 9.72. The third-order valence-corrected chi connectivity index (χ3v) is 3.41. The highest BCUT2D eigenvalue weighted by atomic mass is 35.5. The van der Waals surface area contributed by atoms with Crippen LogP contribution in [0, 0.1) is 5.82 Å². The average Bonchev–Trinajstić information content (AvgIpc) is 2.26. The summed E-state index contributed by atoms with van der Waals surface area (Å²) >= 11 is 5.66. The first-order valence-corrected chi connectivity index (χ1v) is 5.98. The Hall–Kier alpha value is -1.00. The summed E-state index contributed by atoms with van der Waals surface area (Å²) < 4.78 is 18.7. The van der Waals surface area contributed by atoms with Crippen molar-refractivity contribution < 1.29 is 9.13 Å². The van der Waals surface area contributed by atoms with Crippen molar-refractivity contribution in [1.29, 1.82) is 0 Å². The molecule has 94 valence electrons. The van der Waals surface area contributed by atoms with Crippen LogP contribution in [-0.4, -0.2) is 18.8 Å². The number of nitrogens with two attached hydrogens (primary N) is 1. The van der Waals surface area contributed by atoms with Crippen LogP contribution in [-0.2, 0) is 4.74 Å². The van der Waals surface area contributed by atoms with Crippen LogP contribution in [0.5, 0.6) is 0 Å². The van der Waals surface area contributed by atoms with Crippen LogP contribution in [0.15, 0.2) is 12.1 Å². The first-order valence-electron chi connectivity index (χ1n) is 5.61. The highest BCUT2D eigenvalue weighted by Gasteiger charge is 2.27. The van der Waals surface area contributed by atoms with E-state index in [1.54, 1.807) is 0 Å². The molecular formula is C12H16ClFN2O. The Bertz CT molecular complexity index is 419. The molecular weight excluding hydrogens is 243 g/mol. The molecule has 1 aliphatic rings. The minimum absolute atomic E-state index is 0.0465. The Morgan fingerprint density at radius 1 is 1.41 bits per heavy atom. The van der Waals surface area contributed by atoms with Crippen molar-refractivity contribution in [2.24, 2.45) is 0 Å². The van der Waals surface area contributed by atoms with Gasteiger partial charge in [-0.05, 0) is 25.8 Å². The largest absolute Gasteiger partial charge is 0.397 e. The van der Waals surface area contributed by atoms with Crippen molar-refractivity contribution in [3.63, 3.8) is 0 Å². The summed E-state index contributed by atoms with van der Waals surface area (Å²) in [6.45, 7) is 3.50. The van der Waals surface area contributed by atoms with Gasteiger partial charge in [-0.3, -0.25) is 0 Å². The van der Waals surface area contributed by atoms with Crippen LogP contribution >= 0.6 is 11.6 Å². The second kappa shape index (κ2) is 4.70. The van der Waals surface area contributed by atoms with Gasteiger partial charge in [0.05, 0.1) is 16.4 Å². The van der Waals surface area contributed by atoms with E-state index in [1.807, 2.05) is 0 Å². The molecule has 3 N–H and O–H groups in total. The van der Waals surface area contributed by atoms with Gasteiger partial charge in [0.1, 0.15) is 5.82 Å². The van der Waals surface area contributed by atoms with E-state index in [0.717, 1.165) is 12.8 Å². The molecule has 2 rings (SSSR count). The summed E-state index contributed by atoms with van der Waals surface area (Å²) in [6, 6.07) is 2.78. The lowest BCUT2D eigenvalue weighted by Crippen LogP contribution is -2.40. The first-order chi connectivity index (χ1) is 8.00. The number of nitrogens with one attached hydrogen (secondary N) is 1. The van der Waals surface area contributed by atoms with E-state index in [9.17, 15) is 4.39 Å². The molecule has 5 heteroatoms. The smallest absolute Gasteiger partial charge is 0.143 e. The van der Waals surface area contributed by atoms with Crippen molar-refractivity contribution >= 4 is 23.0 Å². The second-order valence-corrected chi connectivity index (χ2v) is 5.06. The van der Waals surface area contributed by atoms with Crippen molar-refractivity contribution in [3.05, 3.63) is 23.0 Å². The van der Waals surface area contributed by atoms with E-state index < -0.39 is 5.82 Å². The molecule has 0 aliphatic carbocycles. The molecule has 1 fully saturated rings. The van der Waals surface area contributed by atoms with E-state index in [0.29, 0.717) is 24.6 Å². The molecule has 0 spiro atoms. The van der Waals surface area contributed by atoms with E-state index in [-0.39, 0.29) is 10.6 Å². The Kier molecular flexibility index (Phi) is 3.45. The van der Waals surface area contributed by atoms with Crippen LogP contribution in [0.4, 0.5) is 15.8 Å². The van der Waals surface area contributed by atoms with Crippen LogP contribution < -0.4 is 11.1 Å². The molecule has 0 bridgehead atoms. The first kappa shape index (κ1) is 12.5. The fourth-order valence-electron chi connectivity index (χ4n) is 1.94. The van der Waals surface area contributed by atoms with Crippen molar-refractivity contribution in [2.75, 3.05) is 24.3 Å². The SMILES string of the molecule is CC1(Nc2cc(F)c(Cl)cc2N)CCOCC1. The third kappa shape index (κ3) is 2.82. The van der Waals surface area contributed by atoms with Gasteiger partial charge in [0, 0.05) is 24.8 Å². The highest BCUT2D eigenvalue weighted by Crippen LogP contribution is 2.31. The molecule has 0 amide bonds. The fourth-order valence-corrected chi connectivity index (χ4v) is 2.11. The zero-order valence-corrected chi connectivity index (χ0v) is 10.5. The lowest BCUT2D eigenvalue weighted by Gasteiger charge is -2.35. The molecule has 0 aromatic heterocycles. The summed E-state index contributed by atoms with van der Waals surface area (Å²) in [5.41, 5.74) is 6.77. The zero-order chi connectivity index (χ0) is 12.5. The monoisotopic (exact) mass is 258 g/mol. The lowest BCUT2D eigenvalue weighted by molar-refractivity contribution is 0.0658. The molecule has 1 aromatic rings. The lowest BCUT2D eigenvalue weighted by atomic mass is 9.92. The summed E-state index contributed by atoms with van der Waals surface area (Å²) in [6.07, 6.45) is 1.74. The van der Waals surface area contributed by atoms with Crippen LogP contribution in [0.2, 0.25) is 5.02 Å². The van der Waals surface area contributed by atoms with E-state index in [2.05, 4.69) is 12.2 Å². The molecule has 3 nitrogen and oxygen atoms in total. The topological polar surface area (TPSA) is 47.3 Å². The van der Waals surface area contributed by atoms with Crippen LogP contribution in [0.3, 0.4) is 0 Å². The van der Waals surface area contributed by atoms with Crippen molar-refractivity contribution in [1.82, 2.24) is 0 Å². The fraction of sp³-hybridized carbons (Fsp3) is 0.500. The number of rotatable bonds is 2. The maximum Gasteiger partial charge on any atom is 0.143 e. The maximum absolute atomic E-state index is 13.4. The maximum atomic E-state index is 13.4. The number of hydrogen-bond acceptors (Lipinski definition) is 3. The Balaban J connectivity index is 2.20. The molecule has 0 radical (unpaired) electrons. The number of halogens is 2. The Morgan fingerprint density at radius 2 is 2.06 bits per heavy atom. The number of nitrogen functional groups attached to an aromatic ring is 1.